The number of nitrogens with one attached hydrogen (secondary N) is 2. The molecule has 9 heteroatoms. The third-order valence-corrected chi connectivity index (χ3v) is 4.31. The van der Waals surface area contributed by atoms with Gasteiger partial charge in [-0.25, -0.2) is 4.79 Å². The molecule has 0 spiro atoms. The molecule has 1 aliphatic heterocycles. The smallest absolute Gasteiger partial charge is 0.340 e. The minimum atomic E-state index is -0.648. The molecule has 3 rings (SSSR count). The third-order valence-electron chi connectivity index (χ3n) is 4.10. The van der Waals surface area contributed by atoms with Crippen LogP contribution < -0.4 is 10.6 Å². The highest BCUT2D eigenvalue weighted by atomic mass is 32.1. The predicted molar refractivity (Wildman–Crippen MR) is 109 cm³/mol. The van der Waals surface area contributed by atoms with Crippen molar-refractivity contribution in [2.75, 3.05) is 18.5 Å². The van der Waals surface area contributed by atoms with Crippen LogP contribution in [0.3, 0.4) is 0 Å². The molecule has 0 saturated heterocycles. The van der Waals surface area contributed by atoms with E-state index in [2.05, 4.69) is 10.6 Å². The van der Waals surface area contributed by atoms with E-state index in [1.165, 1.54) is 12.1 Å². The lowest BCUT2D eigenvalue weighted by Crippen LogP contribution is -2.43. The Bertz CT molecular complexity index is 986. The summed E-state index contributed by atoms with van der Waals surface area (Å²) in [5.41, 5.74) is 1.13. The molecule has 0 saturated carbocycles. The zero-order valence-electron chi connectivity index (χ0n) is 15.4. The lowest BCUT2D eigenvalue weighted by molar-refractivity contribution is -0.120. The van der Waals surface area contributed by atoms with Gasteiger partial charge >= 0.3 is 5.97 Å². The molecule has 2 aromatic carbocycles. The van der Waals surface area contributed by atoms with Gasteiger partial charge in [0.1, 0.15) is 6.54 Å². The second-order valence-electron chi connectivity index (χ2n) is 6.01. The molecule has 0 bridgehead atoms. The average Bonchev–Trinajstić information content (AvgIpc) is 2.93. The first-order chi connectivity index (χ1) is 13.9. The Morgan fingerprint density at radius 2 is 1.59 bits per heavy atom. The molecule has 0 atom stereocenters. The van der Waals surface area contributed by atoms with Gasteiger partial charge in [-0.3, -0.25) is 19.3 Å². The summed E-state index contributed by atoms with van der Waals surface area (Å²) in [4.78, 5) is 49.8. The highest BCUT2D eigenvalue weighted by Gasteiger charge is 2.36. The molecule has 0 aliphatic carbocycles. The Morgan fingerprint density at radius 1 is 1.00 bits per heavy atom. The summed E-state index contributed by atoms with van der Waals surface area (Å²) in [5.74, 6) is -2.25. The molecule has 0 unspecified atom stereocenters. The Kier molecular flexibility index (Phi) is 5.99. The number of carbonyl (C=O) groups is 4. The Labute approximate surface area is 171 Å². The van der Waals surface area contributed by atoms with Gasteiger partial charge in [-0.1, -0.05) is 24.3 Å². The van der Waals surface area contributed by atoms with Crippen LogP contribution in [0.5, 0.6) is 0 Å². The van der Waals surface area contributed by atoms with Crippen molar-refractivity contribution in [1.82, 2.24) is 10.2 Å². The largest absolute Gasteiger partial charge is 0.462 e. The number of esters is 1. The Morgan fingerprint density at radius 3 is 2.21 bits per heavy atom. The second-order valence-corrected chi connectivity index (χ2v) is 6.42. The third kappa shape index (κ3) is 4.30. The van der Waals surface area contributed by atoms with Crippen LogP contribution in [0.2, 0.25) is 0 Å². The van der Waals surface area contributed by atoms with Crippen molar-refractivity contribution in [3.05, 3.63) is 65.2 Å². The van der Waals surface area contributed by atoms with Gasteiger partial charge in [0, 0.05) is 0 Å². The molecule has 3 amide bonds. The normalized spacial score (nSPS) is 12.4. The highest BCUT2D eigenvalue weighted by molar-refractivity contribution is 7.80. The van der Waals surface area contributed by atoms with Crippen molar-refractivity contribution in [1.29, 1.82) is 0 Å². The van der Waals surface area contributed by atoms with E-state index in [4.69, 9.17) is 17.0 Å². The number of para-hydroxylation sites is 1. The first-order valence-corrected chi connectivity index (χ1v) is 9.15. The van der Waals surface area contributed by atoms with Crippen molar-refractivity contribution in [3.8, 4) is 0 Å². The Balaban J connectivity index is 1.63. The zero-order valence-corrected chi connectivity index (χ0v) is 16.2. The van der Waals surface area contributed by atoms with Crippen molar-refractivity contribution in [2.45, 2.75) is 6.92 Å². The maximum atomic E-state index is 12.3. The SMILES string of the molecule is CCOC(=O)c1ccccc1NC(=S)NC(=O)CN1C(=O)c2ccccc2C1=O. The van der Waals surface area contributed by atoms with E-state index in [0.29, 0.717) is 5.69 Å². The number of anilines is 1. The summed E-state index contributed by atoms with van der Waals surface area (Å²) in [6.07, 6.45) is 0. The number of benzene rings is 2. The lowest BCUT2D eigenvalue weighted by atomic mass is 10.1. The number of imide groups is 1. The number of ether oxygens (including phenoxy) is 1. The monoisotopic (exact) mass is 411 g/mol. The fraction of sp³-hybridized carbons (Fsp3) is 0.150. The molecular weight excluding hydrogens is 394 g/mol. The van der Waals surface area contributed by atoms with E-state index in [1.54, 1.807) is 43.3 Å². The van der Waals surface area contributed by atoms with Gasteiger partial charge in [-0.2, -0.15) is 0 Å². The second kappa shape index (κ2) is 8.61. The molecular formula is C20H17N3O5S. The van der Waals surface area contributed by atoms with Gasteiger partial charge in [0.05, 0.1) is 29.0 Å². The fourth-order valence-electron chi connectivity index (χ4n) is 2.83. The minimum absolute atomic E-state index is 0.0802. The fourth-order valence-corrected chi connectivity index (χ4v) is 3.05. The predicted octanol–water partition coefficient (Wildman–Crippen LogP) is 1.97. The van der Waals surface area contributed by atoms with Crippen LogP contribution in [0.4, 0.5) is 5.69 Å². The topological polar surface area (TPSA) is 105 Å². The summed E-state index contributed by atoms with van der Waals surface area (Å²) in [7, 11) is 0. The van der Waals surface area contributed by atoms with Crippen LogP contribution in [0.25, 0.3) is 0 Å². The van der Waals surface area contributed by atoms with E-state index < -0.39 is 30.2 Å². The van der Waals surface area contributed by atoms with Gasteiger partial charge in [0.2, 0.25) is 5.91 Å². The van der Waals surface area contributed by atoms with Gasteiger partial charge in [0.25, 0.3) is 11.8 Å². The van der Waals surface area contributed by atoms with Gasteiger partial charge in [-0.15, -0.1) is 0 Å². The van der Waals surface area contributed by atoms with Crippen LogP contribution in [-0.2, 0) is 9.53 Å². The molecule has 0 fully saturated rings. The number of fused-ring (bicyclic) bond motifs is 1. The van der Waals surface area contributed by atoms with E-state index in [1.807, 2.05) is 0 Å². The van der Waals surface area contributed by atoms with Crippen LogP contribution in [0.1, 0.15) is 38.0 Å². The first-order valence-electron chi connectivity index (χ1n) is 8.74. The molecule has 29 heavy (non-hydrogen) atoms. The number of amides is 3. The molecule has 8 nitrogen and oxygen atoms in total. The maximum Gasteiger partial charge on any atom is 0.340 e. The molecule has 1 aliphatic rings. The van der Waals surface area contributed by atoms with Crippen molar-refractivity contribution in [3.63, 3.8) is 0 Å². The number of hydrogen-bond acceptors (Lipinski definition) is 6. The van der Waals surface area contributed by atoms with Crippen LogP contribution in [0.15, 0.2) is 48.5 Å². The molecule has 2 aromatic rings. The highest BCUT2D eigenvalue weighted by Crippen LogP contribution is 2.22. The minimum Gasteiger partial charge on any atom is -0.462 e. The summed E-state index contributed by atoms with van der Waals surface area (Å²) < 4.78 is 4.98. The average molecular weight is 411 g/mol. The van der Waals surface area contributed by atoms with Crippen molar-refractivity contribution >= 4 is 46.7 Å². The number of rotatable bonds is 5. The maximum absolute atomic E-state index is 12.3. The van der Waals surface area contributed by atoms with E-state index in [9.17, 15) is 19.2 Å². The molecule has 148 valence electrons. The number of hydrogen-bond donors (Lipinski definition) is 2. The molecule has 1 heterocycles. The van der Waals surface area contributed by atoms with Gasteiger partial charge < -0.3 is 15.4 Å². The van der Waals surface area contributed by atoms with Crippen LogP contribution >= 0.6 is 12.2 Å². The van der Waals surface area contributed by atoms with Crippen LogP contribution in [0, 0.1) is 0 Å². The van der Waals surface area contributed by atoms with Crippen molar-refractivity contribution < 1.29 is 23.9 Å². The summed E-state index contributed by atoms with van der Waals surface area (Å²) in [5, 5.41) is 5.08. The van der Waals surface area contributed by atoms with Crippen LogP contribution in [-0.4, -0.2) is 46.9 Å². The number of nitrogens with zero attached hydrogens (tertiary/aromatic N) is 1. The van der Waals surface area contributed by atoms with Gasteiger partial charge in [-0.05, 0) is 43.4 Å². The molecule has 2 N–H and O–H groups in total. The quantitative estimate of drug-likeness (QED) is 0.440. The van der Waals surface area contributed by atoms with Gasteiger partial charge in [0.15, 0.2) is 5.11 Å². The zero-order chi connectivity index (χ0) is 21.0. The summed E-state index contributed by atoms with van der Waals surface area (Å²) in [6.45, 7) is 1.43. The molecule has 0 aromatic heterocycles. The molecule has 0 radical (unpaired) electrons. The number of thiocarbonyl (C=S) groups is 1. The van der Waals surface area contributed by atoms with Crippen molar-refractivity contribution in [2.24, 2.45) is 0 Å². The van der Waals surface area contributed by atoms with E-state index >= 15 is 0 Å². The lowest BCUT2D eigenvalue weighted by Gasteiger charge is -2.15. The summed E-state index contributed by atoms with van der Waals surface area (Å²) >= 11 is 5.11. The standard InChI is InChI=1S/C20H17N3O5S/c1-2-28-19(27)14-9-5-6-10-15(14)21-20(29)22-16(24)11-23-17(25)12-7-3-4-8-13(12)18(23)26/h3-10H,2,11H2,1H3,(H2,21,22,24,29). The Hall–Kier alpha value is -3.59. The van der Waals surface area contributed by atoms with E-state index in [0.717, 1.165) is 4.90 Å². The summed E-state index contributed by atoms with van der Waals surface area (Å²) in [6, 6.07) is 12.9. The van der Waals surface area contributed by atoms with E-state index in [-0.39, 0.29) is 28.4 Å². The first kappa shape index (κ1) is 20.2. The number of carbonyl (C=O) groups excluding carboxylic acids is 4.